The Morgan fingerprint density at radius 3 is 2.28 bits per heavy atom. The molecule has 1 atom stereocenters. The maximum Gasteiger partial charge on any atom is 0.230 e. The van der Waals surface area contributed by atoms with Gasteiger partial charge >= 0.3 is 0 Å². The summed E-state index contributed by atoms with van der Waals surface area (Å²) < 4.78 is 23.4. The van der Waals surface area contributed by atoms with E-state index in [1.807, 2.05) is 19.0 Å². The highest BCUT2D eigenvalue weighted by Crippen LogP contribution is 2.22. The van der Waals surface area contributed by atoms with E-state index in [9.17, 15) is 8.42 Å². The van der Waals surface area contributed by atoms with E-state index in [1.165, 1.54) is 0 Å². The molecule has 2 aliphatic rings. The first kappa shape index (κ1) is 18.3. The van der Waals surface area contributed by atoms with E-state index < -0.39 is 9.84 Å². The van der Waals surface area contributed by atoms with Crippen molar-refractivity contribution in [1.29, 1.82) is 0 Å². The summed E-state index contributed by atoms with van der Waals surface area (Å²) in [5.41, 5.74) is 0. The molecule has 2 saturated heterocycles. The van der Waals surface area contributed by atoms with Gasteiger partial charge < -0.3 is 9.80 Å². The van der Waals surface area contributed by atoms with E-state index in [2.05, 4.69) is 38.6 Å². The monoisotopic (exact) mass is 368 g/mol. The third-order valence-corrected chi connectivity index (χ3v) is 6.62. The molecule has 1 unspecified atom stereocenters. The van der Waals surface area contributed by atoms with Gasteiger partial charge in [-0.1, -0.05) is 13.8 Å². The topological polar surface area (TPSA) is 82.5 Å². The molecular weight excluding hydrogens is 340 g/mol. The molecule has 140 valence electrons. The average Bonchev–Trinajstić information content (AvgIpc) is 2.94. The summed E-state index contributed by atoms with van der Waals surface area (Å²) in [5.74, 6) is 3.08. The Morgan fingerprint density at radius 1 is 1.08 bits per heavy atom. The van der Waals surface area contributed by atoms with E-state index in [1.54, 1.807) is 0 Å². The van der Waals surface area contributed by atoms with Gasteiger partial charge in [-0.05, 0) is 6.42 Å². The second kappa shape index (κ2) is 7.03. The number of piperazine rings is 1. The second-order valence-electron chi connectivity index (χ2n) is 7.42. The van der Waals surface area contributed by atoms with Gasteiger partial charge in [0.2, 0.25) is 11.9 Å². The lowest BCUT2D eigenvalue weighted by molar-refractivity contribution is 0.199. The first-order valence-corrected chi connectivity index (χ1v) is 10.7. The van der Waals surface area contributed by atoms with Crippen LogP contribution >= 0.6 is 0 Å². The number of hydrogen-bond acceptors (Lipinski definition) is 8. The van der Waals surface area contributed by atoms with Crippen LogP contribution in [0.1, 0.15) is 32.0 Å². The number of hydrogen-bond donors (Lipinski definition) is 0. The molecule has 2 aliphatic heterocycles. The van der Waals surface area contributed by atoms with E-state index in [-0.39, 0.29) is 12.0 Å². The molecule has 1 aromatic heterocycles. The summed E-state index contributed by atoms with van der Waals surface area (Å²) in [4.78, 5) is 20.2. The van der Waals surface area contributed by atoms with Crippen molar-refractivity contribution in [3.63, 3.8) is 0 Å². The number of nitrogens with zero attached hydrogens (tertiary/aromatic N) is 6. The molecule has 0 spiro atoms. The molecule has 25 heavy (non-hydrogen) atoms. The van der Waals surface area contributed by atoms with Gasteiger partial charge in [0, 0.05) is 52.2 Å². The molecule has 0 aromatic carbocycles. The van der Waals surface area contributed by atoms with Gasteiger partial charge in [0.1, 0.15) is 5.82 Å². The van der Waals surface area contributed by atoms with Gasteiger partial charge in [-0.15, -0.1) is 0 Å². The predicted molar refractivity (Wildman–Crippen MR) is 99.1 cm³/mol. The number of aromatic nitrogens is 3. The molecule has 9 heteroatoms. The summed E-state index contributed by atoms with van der Waals surface area (Å²) in [7, 11) is 1.03. The van der Waals surface area contributed by atoms with Crippen LogP contribution in [0.3, 0.4) is 0 Å². The van der Waals surface area contributed by atoms with Crippen LogP contribution in [0.2, 0.25) is 0 Å². The third-order valence-electron chi connectivity index (χ3n) is 4.87. The molecule has 0 saturated carbocycles. The predicted octanol–water partition coefficient (Wildman–Crippen LogP) is 0.370. The van der Waals surface area contributed by atoms with Crippen molar-refractivity contribution in [2.24, 2.45) is 0 Å². The van der Waals surface area contributed by atoms with Crippen molar-refractivity contribution >= 4 is 21.7 Å². The van der Waals surface area contributed by atoms with Crippen molar-refractivity contribution in [3.05, 3.63) is 5.82 Å². The maximum atomic E-state index is 11.7. The Hall–Kier alpha value is -1.48. The summed E-state index contributed by atoms with van der Waals surface area (Å²) in [6.45, 7) is 7.48. The minimum atomic E-state index is -2.83. The molecule has 1 aromatic rings. The van der Waals surface area contributed by atoms with Gasteiger partial charge in [-0.3, -0.25) is 4.90 Å². The molecule has 0 radical (unpaired) electrons. The van der Waals surface area contributed by atoms with Crippen LogP contribution in [0, 0.1) is 0 Å². The van der Waals surface area contributed by atoms with Crippen molar-refractivity contribution in [2.45, 2.75) is 32.2 Å². The highest BCUT2D eigenvalue weighted by Gasteiger charge is 2.34. The summed E-state index contributed by atoms with van der Waals surface area (Å²) in [6.07, 6.45) is 0.760. The highest BCUT2D eigenvalue weighted by atomic mass is 32.2. The van der Waals surface area contributed by atoms with Crippen LogP contribution in [0.15, 0.2) is 0 Å². The smallest absolute Gasteiger partial charge is 0.230 e. The molecule has 0 N–H and O–H groups in total. The Balaban J connectivity index is 1.70. The van der Waals surface area contributed by atoms with E-state index in [0.717, 1.165) is 44.4 Å². The number of rotatable bonds is 4. The van der Waals surface area contributed by atoms with Crippen molar-refractivity contribution in [1.82, 2.24) is 19.9 Å². The van der Waals surface area contributed by atoms with Crippen LogP contribution in [-0.2, 0) is 9.84 Å². The zero-order valence-corrected chi connectivity index (χ0v) is 16.3. The molecule has 8 nitrogen and oxygen atoms in total. The van der Waals surface area contributed by atoms with Crippen LogP contribution in [0.25, 0.3) is 0 Å². The lowest BCUT2D eigenvalue weighted by atomic mass is 10.2. The molecular formula is C16H28N6O2S. The van der Waals surface area contributed by atoms with Gasteiger partial charge in [-0.25, -0.2) is 8.42 Å². The SMILES string of the molecule is CC(C)c1nc(N(C)C)nc(N2CCN(C3CCS(=O)(=O)C3)CC2)n1. The molecule has 0 aliphatic carbocycles. The van der Waals surface area contributed by atoms with E-state index in [4.69, 9.17) is 0 Å². The molecule has 2 fully saturated rings. The average molecular weight is 369 g/mol. The van der Waals surface area contributed by atoms with Gasteiger partial charge in [0.25, 0.3) is 0 Å². The summed E-state index contributed by atoms with van der Waals surface area (Å²) in [6, 6.07) is 0.175. The minimum Gasteiger partial charge on any atom is -0.347 e. The Morgan fingerprint density at radius 2 is 1.76 bits per heavy atom. The lowest BCUT2D eigenvalue weighted by Gasteiger charge is -2.37. The Labute approximate surface area is 150 Å². The lowest BCUT2D eigenvalue weighted by Crippen LogP contribution is -2.51. The minimum absolute atomic E-state index is 0.175. The van der Waals surface area contributed by atoms with Crippen LogP contribution < -0.4 is 9.80 Å². The first-order valence-electron chi connectivity index (χ1n) is 8.88. The fraction of sp³-hybridized carbons (Fsp3) is 0.812. The van der Waals surface area contributed by atoms with Crippen LogP contribution in [0.4, 0.5) is 11.9 Å². The van der Waals surface area contributed by atoms with Gasteiger partial charge in [0.05, 0.1) is 11.5 Å². The largest absolute Gasteiger partial charge is 0.347 e. The molecule has 0 bridgehead atoms. The molecule has 0 amide bonds. The van der Waals surface area contributed by atoms with Crippen molar-refractivity contribution in [3.8, 4) is 0 Å². The second-order valence-corrected chi connectivity index (χ2v) is 9.65. The maximum absolute atomic E-state index is 11.7. The highest BCUT2D eigenvalue weighted by molar-refractivity contribution is 7.91. The van der Waals surface area contributed by atoms with Crippen molar-refractivity contribution < 1.29 is 8.42 Å². The number of anilines is 2. The first-order chi connectivity index (χ1) is 11.7. The standard InChI is InChI=1S/C16H28N6O2S/c1-12(2)14-17-15(20(3)4)19-16(18-14)22-8-6-21(7-9-22)13-5-10-25(23,24)11-13/h12-13H,5-11H2,1-4H3. The number of sulfone groups is 1. The normalized spacial score (nSPS) is 24.0. The van der Waals surface area contributed by atoms with Crippen LogP contribution in [0.5, 0.6) is 0 Å². The summed E-state index contributed by atoms with van der Waals surface area (Å²) >= 11 is 0. The van der Waals surface area contributed by atoms with E-state index in [0.29, 0.717) is 17.5 Å². The van der Waals surface area contributed by atoms with Gasteiger partial charge in [-0.2, -0.15) is 15.0 Å². The fourth-order valence-electron chi connectivity index (χ4n) is 3.32. The Kier molecular flexibility index (Phi) is 5.15. The Bertz CT molecular complexity index is 687. The van der Waals surface area contributed by atoms with Crippen molar-refractivity contribution in [2.75, 3.05) is 61.6 Å². The fourth-order valence-corrected chi connectivity index (χ4v) is 5.08. The zero-order chi connectivity index (χ0) is 18.2. The zero-order valence-electron chi connectivity index (χ0n) is 15.5. The third kappa shape index (κ3) is 4.20. The van der Waals surface area contributed by atoms with E-state index >= 15 is 0 Å². The van der Waals surface area contributed by atoms with Crippen LogP contribution in [-0.4, -0.2) is 86.1 Å². The molecule has 3 heterocycles. The van der Waals surface area contributed by atoms with Gasteiger partial charge in [0.15, 0.2) is 9.84 Å². The molecule has 3 rings (SSSR count). The summed E-state index contributed by atoms with van der Waals surface area (Å²) in [5, 5.41) is 0. The quantitative estimate of drug-likeness (QED) is 0.754.